The predicted octanol–water partition coefficient (Wildman–Crippen LogP) is 1.81. The molecular weight excluding hydrogens is 306 g/mol. The summed E-state index contributed by atoms with van der Waals surface area (Å²) in [5.74, 6) is 0. The van der Waals surface area contributed by atoms with Gasteiger partial charge >= 0.3 is 12.1 Å². The summed E-state index contributed by atoms with van der Waals surface area (Å²) in [7, 11) is 0. The Morgan fingerprint density at radius 2 is 2.23 bits per heavy atom. The Bertz CT molecular complexity index is 467. The fourth-order valence-corrected chi connectivity index (χ4v) is 2.47. The van der Waals surface area contributed by atoms with Crippen molar-refractivity contribution >= 4 is 24.8 Å². The topological polar surface area (TPSA) is 79.9 Å². The summed E-state index contributed by atoms with van der Waals surface area (Å²) >= 11 is 4.42. The van der Waals surface area contributed by atoms with Gasteiger partial charge in [0.25, 0.3) is 0 Å². The van der Waals surface area contributed by atoms with Gasteiger partial charge in [-0.1, -0.05) is 0 Å². The molecule has 1 saturated heterocycles. The maximum Gasteiger partial charge on any atom is 0.409 e. The molecule has 1 fully saturated rings. The molecule has 2 aliphatic rings. The molecule has 0 aromatic rings. The van der Waals surface area contributed by atoms with E-state index >= 15 is 0 Å². The van der Waals surface area contributed by atoms with Crippen molar-refractivity contribution in [1.82, 2.24) is 15.5 Å². The zero-order valence-electron chi connectivity index (χ0n) is 13.2. The molecule has 1 unspecified atom stereocenters. The van der Waals surface area contributed by atoms with Crippen molar-refractivity contribution in [2.24, 2.45) is 0 Å². The summed E-state index contributed by atoms with van der Waals surface area (Å²) in [6, 6.07) is -0.330. The smallest absolute Gasteiger partial charge is 0.409 e. The fourth-order valence-electron chi connectivity index (χ4n) is 2.22. The van der Waals surface area contributed by atoms with Gasteiger partial charge in [0.05, 0.1) is 6.10 Å². The van der Waals surface area contributed by atoms with Gasteiger partial charge in [-0.15, -0.1) is 0 Å². The molecule has 22 heavy (non-hydrogen) atoms. The Hall–Kier alpha value is -1.41. The molecule has 7 nitrogen and oxygen atoms in total. The molecule has 0 aromatic carbocycles. The molecule has 2 rings (SSSR count). The van der Waals surface area contributed by atoms with Crippen LogP contribution in [0.3, 0.4) is 0 Å². The largest absolute Gasteiger partial charge is 0.444 e. The normalized spacial score (nSPS) is 31.9. The Kier molecular flexibility index (Phi) is 4.91. The lowest BCUT2D eigenvalue weighted by molar-refractivity contribution is -0.0107. The molecule has 0 aromatic heterocycles. The van der Waals surface area contributed by atoms with Crippen LogP contribution in [0, 0.1) is 0 Å². The molecule has 2 N–H and O–H groups in total. The molecule has 4 atom stereocenters. The lowest BCUT2D eigenvalue weighted by atomic mass is 10.2. The third-order valence-electron chi connectivity index (χ3n) is 3.29. The minimum atomic E-state index is -0.607. The Labute approximate surface area is 135 Å². The number of thiol groups is 1. The molecule has 0 aliphatic carbocycles. The number of carbonyl (C=O) groups excluding carboxylic acids is 2. The van der Waals surface area contributed by atoms with E-state index in [4.69, 9.17) is 9.47 Å². The van der Waals surface area contributed by atoms with Gasteiger partial charge in [-0.05, 0) is 33.8 Å². The van der Waals surface area contributed by atoms with Gasteiger partial charge < -0.3 is 14.8 Å². The number of amides is 3. The predicted molar refractivity (Wildman–Crippen MR) is 84.4 cm³/mol. The summed E-state index contributed by atoms with van der Waals surface area (Å²) < 4.78 is 10.8. The maximum atomic E-state index is 12.1. The highest BCUT2D eigenvalue weighted by atomic mass is 32.1. The Morgan fingerprint density at radius 1 is 1.55 bits per heavy atom. The van der Waals surface area contributed by atoms with Crippen LogP contribution in [-0.4, -0.2) is 46.4 Å². The number of ether oxygens (including phenoxy) is 2. The summed E-state index contributed by atoms with van der Waals surface area (Å²) in [5.41, 5.74) is -0.589. The van der Waals surface area contributed by atoms with Crippen LogP contribution in [0.15, 0.2) is 12.3 Å². The van der Waals surface area contributed by atoms with E-state index in [1.165, 1.54) is 4.90 Å². The van der Waals surface area contributed by atoms with E-state index in [2.05, 4.69) is 23.3 Å². The van der Waals surface area contributed by atoms with Gasteiger partial charge in [-0.3, -0.25) is 10.2 Å². The first-order chi connectivity index (χ1) is 10.2. The van der Waals surface area contributed by atoms with Crippen LogP contribution < -0.4 is 10.6 Å². The first kappa shape index (κ1) is 17.0. The molecule has 2 aliphatic heterocycles. The van der Waals surface area contributed by atoms with Gasteiger partial charge in [0, 0.05) is 17.9 Å². The molecule has 2 heterocycles. The van der Waals surface area contributed by atoms with Crippen molar-refractivity contribution in [3.05, 3.63) is 12.3 Å². The fraction of sp³-hybridized carbons (Fsp3) is 0.714. The average molecular weight is 329 g/mol. The quantitative estimate of drug-likeness (QED) is 0.675. The molecule has 8 heteroatoms. The second kappa shape index (κ2) is 6.37. The van der Waals surface area contributed by atoms with Crippen LogP contribution in [0.2, 0.25) is 0 Å². The number of urea groups is 1. The summed E-state index contributed by atoms with van der Waals surface area (Å²) in [4.78, 5) is 25.3. The SMILES string of the molecule is C[C@H]1O[C@@H](N2C=CC(NC(=O)OC(C)(C)C)NC2=O)C[C@H]1S. The van der Waals surface area contributed by atoms with E-state index in [0.717, 1.165) is 0 Å². The standard InChI is InChI=1S/C14H23N3O4S/c1-8-9(22)7-11(20-8)17-6-5-10(15-12(17)18)16-13(19)21-14(2,3)4/h5-6,8-11,22H,7H2,1-4H3,(H,15,18)(H,16,19)/t8-,9-,10?,11-/m1/s1. The van der Waals surface area contributed by atoms with E-state index in [-0.39, 0.29) is 23.6 Å². The molecule has 124 valence electrons. The number of nitrogens with zero attached hydrogens (tertiary/aromatic N) is 1. The molecule has 0 saturated carbocycles. The Morgan fingerprint density at radius 3 is 2.73 bits per heavy atom. The molecular formula is C14H23N3O4S. The maximum absolute atomic E-state index is 12.1. The van der Waals surface area contributed by atoms with Crippen LogP contribution in [0.4, 0.5) is 9.59 Å². The van der Waals surface area contributed by atoms with E-state index in [0.29, 0.717) is 6.42 Å². The van der Waals surface area contributed by atoms with Gasteiger partial charge in [0.2, 0.25) is 0 Å². The highest BCUT2D eigenvalue weighted by Crippen LogP contribution is 2.27. The lowest BCUT2D eigenvalue weighted by Crippen LogP contribution is -2.55. The molecule has 0 radical (unpaired) electrons. The summed E-state index contributed by atoms with van der Waals surface area (Å²) in [6.07, 6.45) is 2.41. The van der Waals surface area contributed by atoms with Crippen molar-refractivity contribution < 1.29 is 19.1 Å². The third kappa shape index (κ3) is 4.30. The monoisotopic (exact) mass is 329 g/mol. The third-order valence-corrected chi connectivity index (χ3v) is 3.92. The highest BCUT2D eigenvalue weighted by molar-refractivity contribution is 7.81. The van der Waals surface area contributed by atoms with E-state index in [9.17, 15) is 9.59 Å². The minimum absolute atomic E-state index is 0.00727. The van der Waals surface area contributed by atoms with Gasteiger partial charge in [0.15, 0.2) is 0 Å². The van der Waals surface area contributed by atoms with Crippen LogP contribution in [-0.2, 0) is 9.47 Å². The van der Waals surface area contributed by atoms with Crippen LogP contribution in [0.5, 0.6) is 0 Å². The Balaban J connectivity index is 1.91. The molecule has 0 spiro atoms. The lowest BCUT2D eigenvalue weighted by Gasteiger charge is -2.31. The number of rotatable bonds is 2. The van der Waals surface area contributed by atoms with E-state index in [1.54, 1.807) is 33.0 Å². The van der Waals surface area contributed by atoms with Gasteiger partial charge in [-0.25, -0.2) is 9.59 Å². The van der Waals surface area contributed by atoms with Crippen LogP contribution in [0.1, 0.15) is 34.1 Å². The van der Waals surface area contributed by atoms with Crippen molar-refractivity contribution in [3.63, 3.8) is 0 Å². The first-order valence-electron chi connectivity index (χ1n) is 7.26. The first-order valence-corrected chi connectivity index (χ1v) is 7.77. The number of alkyl carbamates (subject to hydrolysis) is 1. The van der Waals surface area contributed by atoms with Crippen molar-refractivity contribution in [2.45, 2.75) is 63.5 Å². The number of carbonyl (C=O) groups is 2. The number of hydrogen-bond donors (Lipinski definition) is 3. The molecule has 0 bridgehead atoms. The highest BCUT2D eigenvalue weighted by Gasteiger charge is 2.37. The minimum Gasteiger partial charge on any atom is -0.444 e. The second-order valence-electron chi connectivity index (χ2n) is 6.42. The van der Waals surface area contributed by atoms with E-state index in [1.807, 2.05) is 6.92 Å². The number of nitrogens with one attached hydrogen (secondary N) is 2. The molecule has 3 amide bonds. The van der Waals surface area contributed by atoms with Crippen molar-refractivity contribution in [3.8, 4) is 0 Å². The van der Waals surface area contributed by atoms with Gasteiger partial charge in [-0.2, -0.15) is 12.6 Å². The van der Waals surface area contributed by atoms with Gasteiger partial charge in [0.1, 0.15) is 18.0 Å². The number of hydrogen-bond acceptors (Lipinski definition) is 5. The average Bonchev–Trinajstić information content (AvgIpc) is 2.66. The van der Waals surface area contributed by atoms with Crippen molar-refractivity contribution in [1.29, 1.82) is 0 Å². The van der Waals surface area contributed by atoms with Crippen LogP contribution in [0.25, 0.3) is 0 Å². The summed E-state index contributed by atoms with van der Waals surface area (Å²) in [6.45, 7) is 7.25. The van der Waals surface area contributed by atoms with E-state index < -0.39 is 17.9 Å². The van der Waals surface area contributed by atoms with Crippen LogP contribution >= 0.6 is 12.6 Å². The second-order valence-corrected chi connectivity index (χ2v) is 7.08. The van der Waals surface area contributed by atoms with Crippen molar-refractivity contribution in [2.75, 3.05) is 0 Å². The zero-order chi connectivity index (χ0) is 16.5. The zero-order valence-corrected chi connectivity index (χ0v) is 14.1. The summed E-state index contributed by atoms with van der Waals surface area (Å²) in [5, 5.41) is 5.35.